The Labute approximate surface area is 63.4 Å². The van der Waals surface area contributed by atoms with Gasteiger partial charge in [0.05, 0.1) is 6.20 Å². The van der Waals surface area contributed by atoms with Gasteiger partial charge in [-0.1, -0.05) is 0 Å². The maximum Gasteiger partial charge on any atom is 0.180 e. The summed E-state index contributed by atoms with van der Waals surface area (Å²) in [4.78, 5) is 1.37. The number of nitrogens with one attached hydrogen (secondary N) is 1. The quantitative estimate of drug-likeness (QED) is 0.600. The van der Waals surface area contributed by atoms with Crippen molar-refractivity contribution in [2.45, 2.75) is 5.67 Å². The van der Waals surface area contributed by atoms with Crippen LogP contribution >= 0.6 is 0 Å². The summed E-state index contributed by atoms with van der Waals surface area (Å²) in [6.07, 6.45) is 1.47. The number of hydrogen-bond donors (Lipinski definition) is 1. The molecular formula is C6H9FN4. The molecule has 1 fully saturated rings. The van der Waals surface area contributed by atoms with E-state index in [2.05, 4.69) is 15.5 Å². The first kappa shape index (κ1) is 6.72. The minimum Gasteiger partial charge on any atom is -0.309 e. The topological polar surface area (TPSA) is 42.7 Å². The van der Waals surface area contributed by atoms with Gasteiger partial charge in [-0.05, 0) is 0 Å². The highest BCUT2D eigenvalue weighted by Gasteiger charge is 2.41. The highest BCUT2D eigenvalue weighted by Crippen LogP contribution is 2.27. The third kappa shape index (κ3) is 0.920. The van der Waals surface area contributed by atoms with Crippen molar-refractivity contribution in [3.63, 3.8) is 0 Å². The van der Waals surface area contributed by atoms with Gasteiger partial charge in [0.2, 0.25) is 0 Å². The van der Waals surface area contributed by atoms with Gasteiger partial charge in [-0.15, -0.1) is 0 Å². The summed E-state index contributed by atoms with van der Waals surface area (Å²) in [5.41, 5.74) is -0.840. The van der Waals surface area contributed by atoms with E-state index >= 15 is 0 Å². The smallest absolute Gasteiger partial charge is 0.180 e. The van der Waals surface area contributed by atoms with Gasteiger partial charge in [-0.25, -0.2) is 4.39 Å². The number of hydrogen-bond acceptors (Lipinski definition) is 3. The number of aromatic nitrogens is 3. The van der Waals surface area contributed by atoms with E-state index in [4.69, 9.17) is 0 Å². The Kier molecular flexibility index (Phi) is 1.23. The molecular weight excluding hydrogens is 147 g/mol. The summed E-state index contributed by atoms with van der Waals surface area (Å²) in [7, 11) is 1.68. The van der Waals surface area contributed by atoms with Gasteiger partial charge >= 0.3 is 0 Å². The molecule has 0 unspecified atom stereocenters. The largest absolute Gasteiger partial charge is 0.309 e. The lowest BCUT2D eigenvalue weighted by Crippen LogP contribution is -2.53. The first-order valence-electron chi connectivity index (χ1n) is 3.47. The zero-order chi connectivity index (χ0) is 7.90. The van der Waals surface area contributed by atoms with Crippen LogP contribution in [-0.4, -0.2) is 28.1 Å². The van der Waals surface area contributed by atoms with Gasteiger partial charge in [0.25, 0.3) is 0 Å². The normalized spacial score (nSPS) is 21.3. The van der Waals surface area contributed by atoms with Crippen molar-refractivity contribution in [1.82, 2.24) is 20.3 Å². The van der Waals surface area contributed by atoms with E-state index in [-0.39, 0.29) is 0 Å². The Hall–Kier alpha value is -0.970. The molecule has 2 rings (SSSR count). The monoisotopic (exact) mass is 156 g/mol. The van der Waals surface area contributed by atoms with Crippen molar-refractivity contribution < 1.29 is 4.39 Å². The Balaban J connectivity index is 2.28. The van der Waals surface area contributed by atoms with Crippen LogP contribution in [0.3, 0.4) is 0 Å². The molecule has 60 valence electrons. The summed E-state index contributed by atoms with van der Waals surface area (Å²) >= 11 is 0. The predicted molar refractivity (Wildman–Crippen MR) is 36.7 cm³/mol. The molecule has 0 aromatic carbocycles. The lowest BCUT2D eigenvalue weighted by molar-refractivity contribution is 0.0834. The molecule has 1 saturated heterocycles. The first-order valence-corrected chi connectivity index (χ1v) is 3.47. The minimum atomic E-state index is -1.27. The van der Waals surface area contributed by atoms with Crippen LogP contribution in [0.1, 0.15) is 5.69 Å². The number of nitrogens with zero attached hydrogens (tertiary/aromatic N) is 3. The Bertz CT molecular complexity index is 265. The zero-order valence-corrected chi connectivity index (χ0v) is 6.21. The van der Waals surface area contributed by atoms with Crippen LogP contribution in [0.4, 0.5) is 4.39 Å². The standard InChI is InChI=1S/C6H9FN4/c1-11-9-2-5(10-11)6(7)3-8-4-6/h2,8H,3-4H2,1H3. The SMILES string of the molecule is Cn1ncc(C2(F)CNC2)n1. The van der Waals surface area contributed by atoms with E-state index < -0.39 is 5.67 Å². The number of rotatable bonds is 1. The van der Waals surface area contributed by atoms with Crippen LogP contribution < -0.4 is 5.32 Å². The second-order valence-electron chi connectivity index (χ2n) is 2.79. The fraction of sp³-hybridized carbons (Fsp3) is 0.667. The third-order valence-corrected chi connectivity index (χ3v) is 1.87. The molecule has 0 spiro atoms. The van der Waals surface area contributed by atoms with E-state index in [9.17, 15) is 4.39 Å². The van der Waals surface area contributed by atoms with E-state index in [1.165, 1.54) is 11.0 Å². The molecule has 1 aromatic rings. The molecule has 0 atom stereocenters. The first-order chi connectivity index (χ1) is 5.21. The summed E-state index contributed by atoms with van der Waals surface area (Å²) < 4.78 is 13.5. The lowest BCUT2D eigenvalue weighted by Gasteiger charge is -2.32. The van der Waals surface area contributed by atoms with Crippen LogP contribution in [-0.2, 0) is 12.7 Å². The molecule has 11 heavy (non-hydrogen) atoms. The number of halogens is 1. The molecule has 1 aliphatic rings. The van der Waals surface area contributed by atoms with Gasteiger partial charge in [-0.3, -0.25) is 0 Å². The van der Waals surface area contributed by atoms with E-state index in [0.29, 0.717) is 18.8 Å². The van der Waals surface area contributed by atoms with Gasteiger partial charge in [0.15, 0.2) is 5.67 Å². The molecule has 5 heteroatoms. The Morgan fingerprint density at radius 2 is 2.45 bits per heavy atom. The van der Waals surface area contributed by atoms with Gasteiger partial charge in [0.1, 0.15) is 5.69 Å². The summed E-state index contributed by atoms with van der Waals surface area (Å²) in [5.74, 6) is 0. The minimum absolute atomic E-state index is 0.353. The van der Waals surface area contributed by atoms with Crippen molar-refractivity contribution in [2.24, 2.45) is 7.05 Å². The average Bonchev–Trinajstić information content (AvgIpc) is 2.31. The van der Waals surface area contributed by atoms with Crippen LogP contribution in [0, 0.1) is 0 Å². The zero-order valence-electron chi connectivity index (χ0n) is 6.21. The molecule has 0 amide bonds. The predicted octanol–water partition coefficient (Wildman–Crippen LogP) is -0.417. The Morgan fingerprint density at radius 3 is 2.82 bits per heavy atom. The van der Waals surface area contributed by atoms with Crippen LogP contribution in [0.25, 0.3) is 0 Å². The van der Waals surface area contributed by atoms with Crippen LogP contribution in [0.15, 0.2) is 6.20 Å². The van der Waals surface area contributed by atoms with Gasteiger partial charge < -0.3 is 5.32 Å². The summed E-state index contributed by atoms with van der Waals surface area (Å²) in [6, 6.07) is 0. The van der Waals surface area contributed by atoms with Crippen LogP contribution in [0.2, 0.25) is 0 Å². The molecule has 4 nitrogen and oxygen atoms in total. The molecule has 2 heterocycles. The summed E-state index contributed by atoms with van der Waals surface area (Å²) in [6.45, 7) is 0.706. The fourth-order valence-corrected chi connectivity index (χ4v) is 1.08. The van der Waals surface area contributed by atoms with Crippen molar-refractivity contribution in [1.29, 1.82) is 0 Å². The molecule has 0 bridgehead atoms. The van der Waals surface area contributed by atoms with Crippen molar-refractivity contribution in [2.75, 3.05) is 13.1 Å². The molecule has 1 aromatic heterocycles. The van der Waals surface area contributed by atoms with E-state index in [1.807, 2.05) is 0 Å². The second-order valence-corrected chi connectivity index (χ2v) is 2.79. The van der Waals surface area contributed by atoms with Gasteiger partial charge in [-0.2, -0.15) is 15.0 Å². The highest BCUT2D eigenvalue weighted by atomic mass is 19.1. The van der Waals surface area contributed by atoms with Crippen LogP contribution in [0.5, 0.6) is 0 Å². The second kappa shape index (κ2) is 2.01. The van der Waals surface area contributed by atoms with E-state index in [1.54, 1.807) is 7.05 Å². The average molecular weight is 156 g/mol. The molecule has 1 aliphatic heterocycles. The van der Waals surface area contributed by atoms with Crippen molar-refractivity contribution in [3.05, 3.63) is 11.9 Å². The summed E-state index contributed by atoms with van der Waals surface area (Å²) in [5, 5.41) is 10.6. The van der Waals surface area contributed by atoms with Gasteiger partial charge in [0, 0.05) is 20.1 Å². The molecule has 0 radical (unpaired) electrons. The third-order valence-electron chi connectivity index (χ3n) is 1.87. The fourth-order valence-electron chi connectivity index (χ4n) is 1.08. The molecule has 0 aliphatic carbocycles. The lowest BCUT2D eigenvalue weighted by atomic mass is 9.96. The number of aryl methyl sites for hydroxylation is 1. The maximum absolute atomic E-state index is 13.5. The molecule has 0 saturated carbocycles. The molecule has 1 N–H and O–H groups in total. The highest BCUT2D eigenvalue weighted by molar-refractivity contribution is 5.13. The van der Waals surface area contributed by atoms with E-state index in [0.717, 1.165) is 0 Å². The van der Waals surface area contributed by atoms with Crippen molar-refractivity contribution >= 4 is 0 Å². The van der Waals surface area contributed by atoms with Crippen molar-refractivity contribution in [3.8, 4) is 0 Å². The number of alkyl halides is 1. The Morgan fingerprint density at radius 1 is 1.73 bits per heavy atom. The maximum atomic E-state index is 13.5.